The number of piperazine rings is 1. The summed E-state index contributed by atoms with van der Waals surface area (Å²) in [5, 5.41) is 4.51. The Morgan fingerprint density at radius 1 is 1.09 bits per heavy atom. The van der Waals surface area contributed by atoms with Gasteiger partial charge in [0.25, 0.3) is 5.91 Å². The topological polar surface area (TPSA) is 74.2 Å². The Balaban J connectivity index is 1.53. The molecule has 1 fully saturated rings. The number of pyridine rings is 3. The fourth-order valence-electron chi connectivity index (χ4n) is 4.25. The molecule has 4 aromatic rings. The molecule has 0 saturated carbocycles. The predicted molar refractivity (Wildman–Crippen MR) is 135 cm³/mol. The normalized spacial score (nSPS) is 14.3. The van der Waals surface area contributed by atoms with Gasteiger partial charge in [0, 0.05) is 60.7 Å². The molecule has 0 atom stereocenters. The predicted octanol–water partition coefficient (Wildman–Crippen LogP) is 5.01. The first kappa shape index (κ1) is 23.1. The van der Waals surface area contributed by atoms with Gasteiger partial charge in [-0.1, -0.05) is 18.5 Å². The monoisotopic (exact) mass is 490 g/mol. The summed E-state index contributed by atoms with van der Waals surface area (Å²) in [6.07, 6.45) is 4.85. The average Bonchev–Trinajstić information content (AvgIpc) is 2.90. The van der Waals surface area contributed by atoms with Crippen molar-refractivity contribution < 1.29 is 9.18 Å². The lowest BCUT2D eigenvalue weighted by Crippen LogP contribution is -2.48. The van der Waals surface area contributed by atoms with Crippen LogP contribution in [-0.2, 0) is 0 Å². The number of carbonyl (C=O) groups excluding carboxylic acids is 1. The fraction of sp³-hybridized carbons (Fsp3) is 0.231. The Labute approximate surface area is 207 Å². The van der Waals surface area contributed by atoms with Gasteiger partial charge in [-0.3, -0.25) is 9.78 Å². The molecule has 1 saturated heterocycles. The van der Waals surface area contributed by atoms with Gasteiger partial charge in [-0.15, -0.1) is 0 Å². The van der Waals surface area contributed by atoms with E-state index >= 15 is 0 Å². The number of nitrogens with zero attached hydrogens (tertiary/aromatic N) is 5. The van der Waals surface area contributed by atoms with Crippen LogP contribution in [0, 0.1) is 5.82 Å². The van der Waals surface area contributed by atoms with Crippen LogP contribution in [0.2, 0.25) is 5.02 Å². The molecule has 4 heterocycles. The van der Waals surface area contributed by atoms with E-state index in [4.69, 9.17) is 11.6 Å². The van der Waals surface area contributed by atoms with Crippen molar-refractivity contribution in [3.63, 3.8) is 0 Å². The second-order valence-electron chi connectivity index (χ2n) is 8.33. The number of halogens is 2. The fourth-order valence-corrected chi connectivity index (χ4v) is 4.42. The highest BCUT2D eigenvalue weighted by atomic mass is 35.5. The van der Waals surface area contributed by atoms with E-state index in [0.717, 1.165) is 25.0 Å². The van der Waals surface area contributed by atoms with Gasteiger partial charge in [0.05, 0.1) is 22.6 Å². The van der Waals surface area contributed by atoms with Crippen molar-refractivity contribution in [3.05, 3.63) is 77.5 Å². The Hall–Kier alpha value is -3.62. The Morgan fingerprint density at radius 2 is 1.91 bits per heavy atom. The molecule has 0 bridgehead atoms. The van der Waals surface area contributed by atoms with E-state index in [1.807, 2.05) is 11.0 Å². The summed E-state index contributed by atoms with van der Waals surface area (Å²) in [7, 11) is 0. The van der Waals surface area contributed by atoms with Gasteiger partial charge in [0.15, 0.2) is 5.65 Å². The Kier molecular flexibility index (Phi) is 6.57. The number of benzene rings is 1. The Bertz CT molecular complexity index is 1390. The largest absolute Gasteiger partial charge is 0.354 e. The summed E-state index contributed by atoms with van der Waals surface area (Å²) in [5.41, 5.74) is 2.83. The lowest BCUT2D eigenvalue weighted by molar-refractivity contribution is 0.0644. The second-order valence-corrected chi connectivity index (χ2v) is 8.76. The maximum Gasteiger partial charge on any atom is 0.257 e. The third-order valence-corrected chi connectivity index (χ3v) is 6.45. The molecule has 7 nitrogen and oxygen atoms in total. The minimum Gasteiger partial charge on any atom is -0.354 e. The highest BCUT2D eigenvalue weighted by Crippen LogP contribution is 2.33. The van der Waals surface area contributed by atoms with Gasteiger partial charge in [0.1, 0.15) is 5.82 Å². The van der Waals surface area contributed by atoms with Crippen LogP contribution in [0.15, 0.2) is 61.1 Å². The molecule has 35 heavy (non-hydrogen) atoms. The van der Waals surface area contributed by atoms with Crippen molar-refractivity contribution in [1.82, 2.24) is 24.8 Å². The maximum absolute atomic E-state index is 14.6. The highest BCUT2D eigenvalue weighted by Gasteiger charge is 2.24. The van der Waals surface area contributed by atoms with Crippen LogP contribution >= 0.6 is 11.6 Å². The first-order chi connectivity index (χ1) is 17.0. The number of nitrogens with one attached hydrogen (secondary N) is 1. The summed E-state index contributed by atoms with van der Waals surface area (Å²) in [6, 6.07) is 11.5. The van der Waals surface area contributed by atoms with Crippen molar-refractivity contribution in [2.24, 2.45) is 0 Å². The second kappa shape index (κ2) is 9.93. The molecule has 9 heteroatoms. The van der Waals surface area contributed by atoms with E-state index in [9.17, 15) is 9.18 Å². The van der Waals surface area contributed by atoms with Crippen LogP contribution < -0.4 is 5.32 Å². The van der Waals surface area contributed by atoms with Crippen molar-refractivity contribution in [1.29, 1.82) is 0 Å². The summed E-state index contributed by atoms with van der Waals surface area (Å²) < 4.78 is 14.6. The highest BCUT2D eigenvalue weighted by molar-refractivity contribution is 6.30. The van der Waals surface area contributed by atoms with Crippen LogP contribution in [-0.4, -0.2) is 63.4 Å². The summed E-state index contributed by atoms with van der Waals surface area (Å²) >= 11 is 6.12. The van der Waals surface area contributed by atoms with E-state index in [-0.39, 0.29) is 11.5 Å². The number of aromatic nitrogens is 3. The molecular formula is C26H24ClFN6O. The zero-order valence-electron chi connectivity index (χ0n) is 19.2. The summed E-state index contributed by atoms with van der Waals surface area (Å²) in [4.78, 5) is 30.7. The number of carbonyl (C=O) groups is 1. The molecule has 1 aliphatic heterocycles. The Morgan fingerprint density at radius 3 is 2.71 bits per heavy atom. The van der Waals surface area contributed by atoms with Crippen LogP contribution in [0.1, 0.15) is 17.3 Å². The van der Waals surface area contributed by atoms with Gasteiger partial charge in [0.2, 0.25) is 0 Å². The number of hydrogen-bond donors (Lipinski definition) is 1. The van der Waals surface area contributed by atoms with Gasteiger partial charge in [-0.2, -0.15) is 0 Å². The number of rotatable bonds is 5. The van der Waals surface area contributed by atoms with E-state index in [1.165, 1.54) is 18.2 Å². The van der Waals surface area contributed by atoms with Crippen molar-refractivity contribution in [2.45, 2.75) is 6.92 Å². The molecule has 178 valence electrons. The maximum atomic E-state index is 14.6. The van der Waals surface area contributed by atoms with E-state index in [2.05, 4.69) is 32.1 Å². The van der Waals surface area contributed by atoms with E-state index in [0.29, 0.717) is 46.4 Å². The van der Waals surface area contributed by atoms with Gasteiger partial charge in [-0.25, -0.2) is 14.4 Å². The van der Waals surface area contributed by atoms with Crippen LogP contribution in [0.5, 0.6) is 0 Å². The number of hydrogen-bond acceptors (Lipinski definition) is 6. The van der Waals surface area contributed by atoms with Gasteiger partial charge >= 0.3 is 0 Å². The molecular weight excluding hydrogens is 467 g/mol. The number of amides is 1. The number of likely N-dealkylation sites (N-methyl/N-ethyl adjacent to an activating group) is 1. The number of fused-ring (bicyclic) bond motifs is 1. The molecule has 3 aromatic heterocycles. The average molecular weight is 491 g/mol. The van der Waals surface area contributed by atoms with Crippen molar-refractivity contribution in [3.8, 4) is 11.3 Å². The lowest BCUT2D eigenvalue weighted by atomic mass is 10.1. The zero-order chi connectivity index (χ0) is 24.4. The van der Waals surface area contributed by atoms with Gasteiger partial charge in [-0.05, 0) is 49.0 Å². The third kappa shape index (κ3) is 4.80. The first-order valence-electron chi connectivity index (χ1n) is 11.5. The van der Waals surface area contributed by atoms with E-state index in [1.54, 1.807) is 36.8 Å². The first-order valence-corrected chi connectivity index (χ1v) is 11.8. The van der Waals surface area contributed by atoms with Gasteiger partial charge < -0.3 is 15.1 Å². The smallest absolute Gasteiger partial charge is 0.257 e. The van der Waals surface area contributed by atoms with Crippen LogP contribution in [0.4, 0.5) is 15.8 Å². The molecule has 0 radical (unpaired) electrons. The summed E-state index contributed by atoms with van der Waals surface area (Å²) in [6.45, 7) is 6.13. The number of anilines is 2. The third-order valence-electron chi connectivity index (χ3n) is 6.22. The zero-order valence-corrected chi connectivity index (χ0v) is 20.0. The van der Waals surface area contributed by atoms with E-state index < -0.39 is 5.82 Å². The minimum absolute atomic E-state index is 0.0750. The van der Waals surface area contributed by atoms with Crippen LogP contribution in [0.3, 0.4) is 0 Å². The quantitative estimate of drug-likeness (QED) is 0.424. The molecule has 0 spiro atoms. The van der Waals surface area contributed by atoms with Crippen LogP contribution in [0.25, 0.3) is 22.3 Å². The molecule has 5 rings (SSSR count). The molecule has 0 unspecified atom stereocenters. The SMILES string of the molecule is CCN1CCN(C(=O)c2cnccc2Nc2cc(-c3cc(Cl)ccc3F)nc3ncccc23)CC1. The molecule has 1 aromatic carbocycles. The molecule has 0 aliphatic carbocycles. The van der Waals surface area contributed by atoms with Crippen molar-refractivity contribution in [2.75, 3.05) is 38.0 Å². The summed E-state index contributed by atoms with van der Waals surface area (Å²) in [5.74, 6) is -0.511. The molecule has 1 N–H and O–H groups in total. The molecule has 1 aliphatic rings. The standard InChI is InChI=1S/C26H24ClFN6O/c1-2-33-10-12-34(13-11-33)26(35)20-16-29-9-7-22(20)31-23-15-24(19-14-17(27)5-6-21(19)28)32-25-18(23)4-3-8-30-25/h3-9,14-16H,2,10-13H2,1H3,(H,29,30,31,32). The minimum atomic E-state index is -0.436. The lowest BCUT2D eigenvalue weighted by Gasteiger charge is -2.34. The molecule has 1 amide bonds. The van der Waals surface area contributed by atoms with Crippen molar-refractivity contribution >= 4 is 39.9 Å².